The van der Waals surface area contributed by atoms with Crippen LogP contribution in [0.25, 0.3) is 0 Å². The molecule has 1 amide bonds. The van der Waals surface area contributed by atoms with Gasteiger partial charge < -0.3 is 10.6 Å². The first-order chi connectivity index (χ1) is 7.45. The molecule has 0 heterocycles. The van der Waals surface area contributed by atoms with Gasteiger partial charge in [0.2, 0.25) is 5.91 Å². The van der Waals surface area contributed by atoms with Crippen molar-refractivity contribution in [1.29, 1.82) is 0 Å². The monoisotopic (exact) mass is 224 g/mol. The Morgan fingerprint density at radius 3 is 2.50 bits per heavy atom. The Bertz CT molecular complexity index is 253. The lowest BCUT2D eigenvalue weighted by Gasteiger charge is -2.25. The number of carbonyl (C=O) groups is 1. The first-order valence-electron chi connectivity index (χ1n) is 5.93. The fraction of sp³-hybridized carbons (Fsp3) is 0.769. The zero-order chi connectivity index (χ0) is 12.6. The molecule has 0 aromatic rings. The molecular formula is C13H24N2O. The number of hydrogen-bond acceptors (Lipinski definition) is 2. The second-order valence-electron chi connectivity index (χ2n) is 4.68. The van der Waals surface area contributed by atoms with E-state index < -0.39 is 0 Å². The van der Waals surface area contributed by atoms with Crippen LogP contribution in [0.4, 0.5) is 0 Å². The molecule has 16 heavy (non-hydrogen) atoms. The van der Waals surface area contributed by atoms with Crippen LogP contribution in [0.1, 0.15) is 47.0 Å². The molecular weight excluding hydrogens is 200 g/mol. The van der Waals surface area contributed by atoms with E-state index in [1.807, 2.05) is 13.8 Å². The third-order valence-electron chi connectivity index (χ3n) is 2.77. The van der Waals surface area contributed by atoms with E-state index in [0.29, 0.717) is 13.0 Å². The Morgan fingerprint density at radius 1 is 1.44 bits per heavy atom. The van der Waals surface area contributed by atoms with Crippen molar-refractivity contribution in [3.05, 3.63) is 0 Å². The zero-order valence-corrected chi connectivity index (χ0v) is 10.9. The summed E-state index contributed by atoms with van der Waals surface area (Å²) in [7, 11) is 0. The molecule has 2 N–H and O–H groups in total. The molecule has 0 aliphatic heterocycles. The summed E-state index contributed by atoms with van der Waals surface area (Å²) in [5.41, 5.74) is -0.132. The highest BCUT2D eigenvalue weighted by Gasteiger charge is 2.17. The Kier molecular flexibility index (Phi) is 6.83. The molecule has 1 unspecified atom stereocenters. The molecule has 0 aliphatic carbocycles. The average Bonchev–Trinajstić information content (AvgIpc) is 2.23. The van der Waals surface area contributed by atoms with Crippen molar-refractivity contribution in [2.75, 3.05) is 6.54 Å². The van der Waals surface area contributed by atoms with Gasteiger partial charge in [-0.3, -0.25) is 4.79 Å². The van der Waals surface area contributed by atoms with Crippen LogP contribution in [0.15, 0.2) is 0 Å². The van der Waals surface area contributed by atoms with Crippen molar-refractivity contribution in [3.8, 4) is 12.3 Å². The van der Waals surface area contributed by atoms with E-state index in [1.165, 1.54) is 0 Å². The lowest BCUT2D eigenvalue weighted by Crippen LogP contribution is -2.47. The predicted molar refractivity (Wildman–Crippen MR) is 68.0 cm³/mol. The number of carbonyl (C=O) groups excluding carboxylic acids is 1. The average molecular weight is 224 g/mol. The summed E-state index contributed by atoms with van der Waals surface area (Å²) in [6.07, 6.45) is 7.77. The molecule has 0 saturated heterocycles. The third-order valence-corrected chi connectivity index (χ3v) is 2.77. The van der Waals surface area contributed by atoms with Crippen LogP contribution >= 0.6 is 0 Å². The maximum absolute atomic E-state index is 11.6. The van der Waals surface area contributed by atoms with E-state index in [0.717, 1.165) is 12.8 Å². The molecule has 0 bridgehead atoms. The summed E-state index contributed by atoms with van der Waals surface area (Å²) >= 11 is 0. The molecule has 3 heteroatoms. The van der Waals surface area contributed by atoms with Crippen LogP contribution in [0, 0.1) is 12.3 Å². The van der Waals surface area contributed by atoms with Crippen molar-refractivity contribution in [2.45, 2.75) is 58.5 Å². The molecule has 0 rings (SSSR count). The molecule has 92 valence electrons. The van der Waals surface area contributed by atoms with Gasteiger partial charge in [0.05, 0.1) is 6.54 Å². The van der Waals surface area contributed by atoms with E-state index in [4.69, 9.17) is 6.42 Å². The normalized spacial score (nSPS) is 12.9. The summed E-state index contributed by atoms with van der Waals surface area (Å²) in [4.78, 5) is 11.6. The van der Waals surface area contributed by atoms with E-state index >= 15 is 0 Å². The fourth-order valence-corrected chi connectivity index (χ4v) is 1.25. The summed E-state index contributed by atoms with van der Waals surface area (Å²) in [5.74, 6) is 2.64. The van der Waals surface area contributed by atoms with Crippen LogP contribution in [-0.2, 0) is 4.79 Å². The van der Waals surface area contributed by atoms with Crippen LogP contribution in [-0.4, -0.2) is 24.0 Å². The van der Waals surface area contributed by atoms with Gasteiger partial charge in [0.1, 0.15) is 0 Å². The van der Waals surface area contributed by atoms with Gasteiger partial charge in [-0.1, -0.05) is 13.8 Å². The topological polar surface area (TPSA) is 41.1 Å². The summed E-state index contributed by atoms with van der Waals surface area (Å²) in [6.45, 7) is 8.49. The van der Waals surface area contributed by atoms with Crippen molar-refractivity contribution in [2.24, 2.45) is 0 Å². The molecule has 3 nitrogen and oxygen atoms in total. The Hall–Kier alpha value is -1.01. The van der Waals surface area contributed by atoms with Gasteiger partial charge in [-0.15, -0.1) is 12.3 Å². The number of amides is 1. The van der Waals surface area contributed by atoms with E-state index in [1.54, 1.807) is 0 Å². The number of terminal acetylenes is 1. The quantitative estimate of drug-likeness (QED) is 0.646. The number of nitrogens with one attached hydrogen (secondary N) is 2. The summed E-state index contributed by atoms with van der Waals surface area (Å²) in [6, 6.07) is 0.237. The van der Waals surface area contributed by atoms with Gasteiger partial charge in [0.15, 0.2) is 0 Å². The SMILES string of the molecule is C#CCC(CC)NCC(=O)NC(C)(C)CC. The van der Waals surface area contributed by atoms with Gasteiger partial charge >= 0.3 is 0 Å². The first-order valence-corrected chi connectivity index (χ1v) is 5.93. The van der Waals surface area contributed by atoms with Gasteiger partial charge in [0, 0.05) is 18.0 Å². The standard InChI is InChI=1S/C13H24N2O/c1-6-9-11(7-2)14-10-12(16)15-13(4,5)8-3/h1,11,14H,7-10H2,2-5H3,(H,15,16). The van der Waals surface area contributed by atoms with Gasteiger partial charge in [0.25, 0.3) is 0 Å². The number of rotatable bonds is 7. The van der Waals surface area contributed by atoms with E-state index in [9.17, 15) is 4.79 Å². The smallest absolute Gasteiger partial charge is 0.234 e. The molecule has 0 aromatic carbocycles. The fourth-order valence-electron chi connectivity index (χ4n) is 1.25. The molecule has 0 saturated carbocycles. The van der Waals surface area contributed by atoms with Crippen LogP contribution in [0.3, 0.4) is 0 Å². The summed E-state index contributed by atoms with van der Waals surface area (Å²) in [5, 5.41) is 6.14. The Morgan fingerprint density at radius 2 is 2.06 bits per heavy atom. The van der Waals surface area contributed by atoms with Gasteiger partial charge in [-0.25, -0.2) is 0 Å². The van der Waals surface area contributed by atoms with Crippen molar-refractivity contribution < 1.29 is 4.79 Å². The van der Waals surface area contributed by atoms with Crippen molar-refractivity contribution in [3.63, 3.8) is 0 Å². The highest BCUT2D eigenvalue weighted by atomic mass is 16.2. The first kappa shape index (κ1) is 15.0. The number of hydrogen-bond donors (Lipinski definition) is 2. The zero-order valence-electron chi connectivity index (χ0n) is 10.9. The molecule has 0 aliphatic rings. The van der Waals surface area contributed by atoms with Crippen molar-refractivity contribution >= 4 is 5.91 Å². The lowest BCUT2D eigenvalue weighted by molar-refractivity contribution is -0.122. The van der Waals surface area contributed by atoms with Crippen molar-refractivity contribution in [1.82, 2.24) is 10.6 Å². The molecule has 1 atom stereocenters. The maximum atomic E-state index is 11.6. The Balaban J connectivity index is 3.94. The second-order valence-corrected chi connectivity index (χ2v) is 4.68. The predicted octanol–water partition coefficient (Wildman–Crippen LogP) is 1.68. The van der Waals surface area contributed by atoms with Gasteiger partial charge in [-0.2, -0.15) is 0 Å². The minimum absolute atomic E-state index is 0.0299. The Labute approximate surface area is 99.4 Å². The molecule has 0 aromatic heterocycles. The van der Waals surface area contributed by atoms with Crippen LogP contribution in [0.2, 0.25) is 0 Å². The lowest BCUT2D eigenvalue weighted by atomic mass is 10.0. The highest BCUT2D eigenvalue weighted by Crippen LogP contribution is 2.06. The van der Waals surface area contributed by atoms with Gasteiger partial charge in [-0.05, 0) is 26.7 Å². The largest absolute Gasteiger partial charge is 0.350 e. The van der Waals surface area contributed by atoms with E-state index in [2.05, 4.69) is 30.4 Å². The summed E-state index contributed by atoms with van der Waals surface area (Å²) < 4.78 is 0. The minimum Gasteiger partial charge on any atom is -0.350 e. The second kappa shape index (κ2) is 7.29. The minimum atomic E-state index is -0.132. The van der Waals surface area contributed by atoms with Crippen LogP contribution in [0.5, 0.6) is 0 Å². The maximum Gasteiger partial charge on any atom is 0.234 e. The van der Waals surface area contributed by atoms with E-state index in [-0.39, 0.29) is 17.5 Å². The highest BCUT2D eigenvalue weighted by molar-refractivity contribution is 5.78. The third kappa shape index (κ3) is 6.47. The molecule has 0 fully saturated rings. The molecule has 0 spiro atoms. The molecule has 0 radical (unpaired) electrons. The van der Waals surface area contributed by atoms with Crippen LogP contribution < -0.4 is 10.6 Å².